The second-order valence-corrected chi connectivity index (χ2v) is 4.35. The molecule has 0 saturated heterocycles. The van der Waals surface area contributed by atoms with Crippen molar-refractivity contribution in [2.24, 2.45) is 0 Å². The van der Waals surface area contributed by atoms with E-state index in [1.807, 2.05) is 12.1 Å². The second kappa shape index (κ2) is 7.58. The Morgan fingerprint density at radius 2 is 1.91 bits per heavy atom. The number of amides is 2. The van der Waals surface area contributed by atoms with Gasteiger partial charge in [0.25, 0.3) is 5.69 Å². The minimum Gasteiger partial charge on any atom is -0.383 e. The van der Waals surface area contributed by atoms with E-state index < -0.39 is 11.0 Å². The third kappa shape index (κ3) is 4.75. The zero-order valence-corrected chi connectivity index (χ0v) is 11.7. The quantitative estimate of drug-likeness (QED) is 0.430. The Kier molecular flexibility index (Phi) is 5.25. The molecule has 22 heavy (non-hydrogen) atoms. The summed E-state index contributed by atoms with van der Waals surface area (Å²) in [6.07, 6.45) is 3.34. The van der Waals surface area contributed by atoms with Gasteiger partial charge in [0.15, 0.2) is 0 Å². The Bertz CT molecular complexity index is 648. The molecule has 0 bridgehead atoms. The molecule has 3 N–H and O–H groups in total. The molecule has 1 heterocycles. The van der Waals surface area contributed by atoms with Gasteiger partial charge < -0.3 is 16.0 Å². The van der Waals surface area contributed by atoms with Crippen LogP contribution in [0, 0.1) is 10.1 Å². The minimum atomic E-state index is -0.512. The normalized spacial score (nSPS) is 9.82. The lowest BCUT2D eigenvalue weighted by Crippen LogP contribution is -2.32. The fourth-order valence-corrected chi connectivity index (χ4v) is 1.73. The van der Waals surface area contributed by atoms with Gasteiger partial charge in [-0.1, -0.05) is 6.07 Å². The Morgan fingerprint density at radius 1 is 1.14 bits per heavy atom. The molecule has 2 rings (SSSR count). The summed E-state index contributed by atoms with van der Waals surface area (Å²) in [5.74, 6) is 0. The first-order valence-corrected chi connectivity index (χ1v) is 6.58. The average Bonchev–Trinajstić information content (AvgIpc) is 2.53. The maximum atomic E-state index is 11.7. The Hall–Kier alpha value is -3.16. The second-order valence-electron chi connectivity index (χ2n) is 4.35. The van der Waals surface area contributed by atoms with Crippen LogP contribution in [0.2, 0.25) is 0 Å². The number of carbonyl (C=O) groups excluding carboxylic acids is 1. The monoisotopic (exact) mass is 301 g/mol. The van der Waals surface area contributed by atoms with Crippen molar-refractivity contribution >= 4 is 23.1 Å². The Labute approximate surface area is 126 Å². The Balaban J connectivity index is 1.74. The van der Waals surface area contributed by atoms with Gasteiger partial charge in [0.1, 0.15) is 0 Å². The summed E-state index contributed by atoms with van der Waals surface area (Å²) in [5.41, 5.74) is 1.21. The number of nitrogens with one attached hydrogen (secondary N) is 3. The molecule has 1 aromatic carbocycles. The third-order valence-corrected chi connectivity index (χ3v) is 2.73. The highest BCUT2D eigenvalue weighted by Gasteiger charge is 2.07. The van der Waals surface area contributed by atoms with E-state index in [-0.39, 0.29) is 5.69 Å². The molecule has 0 spiro atoms. The first-order valence-electron chi connectivity index (χ1n) is 6.58. The molecule has 114 valence electrons. The molecule has 2 amide bonds. The Morgan fingerprint density at radius 3 is 2.64 bits per heavy atom. The number of carbonyl (C=O) groups is 1. The van der Waals surface area contributed by atoms with Crippen molar-refractivity contribution in [3.63, 3.8) is 0 Å². The lowest BCUT2D eigenvalue weighted by molar-refractivity contribution is -0.384. The first-order chi connectivity index (χ1) is 10.6. The van der Waals surface area contributed by atoms with E-state index in [9.17, 15) is 14.9 Å². The summed E-state index contributed by atoms with van der Waals surface area (Å²) in [6, 6.07) is 8.99. The maximum absolute atomic E-state index is 11.7. The highest BCUT2D eigenvalue weighted by atomic mass is 16.6. The van der Waals surface area contributed by atoms with E-state index in [4.69, 9.17) is 0 Å². The van der Waals surface area contributed by atoms with E-state index in [2.05, 4.69) is 20.9 Å². The summed E-state index contributed by atoms with van der Waals surface area (Å²) < 4.78 is 0. The van der Waals surface area contributed by atoms with E-state index in [1.54, 1.807) is 18.5 Å². The maximum Gasteiger partial charge on any atom is 0.319 e. The molecule has 0 aliphatic rings. The van der Waals surface area contributed by atoms with Gasteiger partial charge in [0.05, 0.1) is 4.92 Å². The van der Waals surface area contributed by atoms with Crippen molar-refractivity contribution in [1.82, 2.24) is 10.3 Å². The molecule has 0 saturated carbocycles. The van der Waals surface area contributed by atoms with Gasteiger partial charge in [0, 0.05) is 49.0 Å². The summed E-state index contributed by atoms with van der Waals surface area (Å²) in [5, 5.41) is 19.0. The first kappa shape index (κ1) is 15.2. The number of nitro benzene ring substituents is 1. The lowest BCUT2D eigenvalue weighted by Gasteiger charge is -2.09. The molecule has 0 radical (unpaired) electrons. The third-order valence-electron chi connectivity index (χ3n) is 2.73. The SMILES string of the molecule is O=C(NCCNc1ccncc1)Nc1cccc([N+](=O)[O-])c1. The summed E-state index contributed by atoms with van der Waals surface area (Å²) >= 11 is 0. The summed E-state index contributed by atoms with van der Waals surface area (Å²) in [6.45, 7) is 0.954. The number of nitro groups is 1. The van der Waals surface area contributed by atoms with Gasteiger partial charge in [-0.05, 0) is 18.2 Å². The number of nitrogens with zero attached hydrogens (tertiary/aromatic N) is 2. The van der Waals surface area contributed by atoms with Crippen molar-refractivity contribution < 1.29 is 9.72 Å². The minimum absolute atomic E-state index is 0.0721. The van der Waals surface area contributed by atoms with Crippen LogP contribution in [0.4, 0.5) is 21.9 Å². The number of rotatable bonds is 6. The molecule has 0 aliphatic heterocycles. The zero-order chi connectivity index (χ0) is 15.8. The van der Waals surface area contributed by atoms with Crippen molar-refractivity contribution in [1.29, 1.82) is 0 Å². The van der Waals surface area contributed by atoms with Crippen molar-refractivity contribution in [3.8, 4) is 0 Å². The van der Waals surface area contributed by atoms with Gasteiger partial charge in [-0.15, -0.1) is 0 Å². The number of benzene rings is 1. The highest BCUT2D eigenvalue weighted by molar-refractivity contribution is 5.89. The zero-order valence-electron chi connectivity index (χ0n) is 11.7. The molecule has 1 aromatic heterocycles. The fourth-order valence-electron chi connectivity index (χ4n) is 1.73. The van der Waals surface area contributed by atoms with Gasteiger partial charge in [-0.2, -0.15) is 0 Å². The average molecular weight is 301 g/mol. The van der Waals surface area contributed by atoms with E-state index in [0.29, 0.717) is 18.8 Å². The molecule has 0 fully saturated rings. The standard InChI is InChI=1S/C14H15N5O3/c20-14(17-9-8-16-11-4-6-15-7-5-11)18-12-2-1-3-13(10-12)19(21)22/h1-7,10H,8-9H2,(H,15,16)(H2,17,18,20). The van der Waals surface area contributed by atoms with E-state index in [1.165, 1.54) is 18.2 Å². The summed E-state index contributed by atoms with van der Waals surface area (Å²) in [7, 11) is 0. The molecule has 8 nitrogen and oxygen atoms in total. The molecule has 0 unspecified atom stereocenters. The van der Waals surface area contributed by atoms with Crippen LogP contribution in [0.5, 0.6) is 0 Å². The number of aromatic nitrogens is 1. The van der Waals surface area contributed by atoms with E-state index >= 15 is 0 Å². The van der Waals surface area contributed by atoms with Crippen molar-refractivity contribution in [3.05, 3.63) is 58.9 Å². The number of pyridine rings is 1. The number of anilines is 2. The van der Waals surface area contributed by atoms with Crippen LogP contribution in [-0.4, -0.2) is 29.0 Å². The number of non-ortho nitro benzene ring substituents is 1. The smallest absolute Gasteiger partial charge is 0.319 e. The van der Waals surface area contributed by atoms with Crippen LogP contribution in [0.15, 0.2) is 48.8 Å². The molecule has 8 heteroatoms. The molecule has 2 aromatic rings. The van der Waals surface area contributed by atoms with Crippen LogP contribution >= 0.6 is 0 Å². The van der Waals surface area contributed by atoms with Crippen molar-refractivity contribution in [2.75, 3.05) is 23.7 Å². The van der Waals surface area contributed by atoms with Gasteiger partial charge in [0.2, 0.25) is 0 Å². The largest absolute Gasteiger partial charge is 0.383 e. The van der Waals surface area contributed by atoms with Crippen LogP contribution < -0.4 is 16.0 Å². The van der Waals surface area contributed by atoms with Crippen LogP contribution in [0.3, 0.4) is 0 Å². The topological polar surface area (TPSA) is 109 Å². The van der Waals surface area contributed by atoms with Crippen LogP contribution in [0.1, 0.15) is 0 Å². The van der Waals surface area contributed by atoms with Gasteiger partial charge in [-0.25, -0.2) is 4.79 Å². The van der Waals surface area contributed by atoms with Crippen LogP contribution in [0.25, 0.3) is 0 Å². The highest BCUT2D eigenvalue weighted by Crippen LogP contribution is 2.16. The molecule has 0 aliphatic carbocycles. The molecular weight excluding hydrogens is 286 g/mol. The fraction of sp³-hybridized carbons (Fsp3) is 0.143. The van der Waals surface area contributed by atoms with Gasteiger partial charge >= 0.3 is 6.03 Å². The predicted octanol–water partition coefficient (Wildman–Crippen LogP) is 2.22. The number of urea groups is 1. The molecule has 0 atom stereocenters. The van der Waals surface area contributed by atoms with Crippen LogP contribution in [-0.2, 0) is 0 Å². The predicted molar refractivity (Wildman–Crippen MR) is 82.8 cm³/mol. The molecular formula is C14H15N5O3. The van der Waals surface area contributed by atoms with Crippen molar-refractivity contribution in [2.45, 2.75) is 0 Å². The number of hydrogen-bond acceptors (Lipinski definition) is 5. The summed E-state index contributed by atoms with van der Waals surface area (Å²) in [4.78, 5) is 25.7. The lowest BCUT2D eigenvalue weighted by atomic mass is 10.3. The van der Waals surface area contributed by atoms with E-state index in [0.717, 1.165) is 5.69 Å². The number of hydrogen-bond donors (Lipinski definition) is 3. The van der Waals surface area contributed by atoms with Gasteiger partial charge in [-0.3, -0.25) is 15.1 Å².